The first-order chi connectivity index (χ1) is 12.8. The standard InChI is InChI=1S/C22H25NO4/c1-14-8-9-15(2)18(12-14)19(24)13-27-21(26)11-10-20(25)23-22-16(3)6-5-7-17(22)4/h5-9,12H,10-11,13H2,1-4H3,(H,23,25). The van der Waals surface area contributed by atoms with Gasteiger partial charge in [-0.15, -0.1) is 0 Å². The van der Waals surface area contributed by atoms with Crippen molar-refractivity contribution in [2.45, 2.75) is 40.5 Å². The summed E-state index contributed by atoms with van der Waals surface area (Å²) in [4.78, 5) is 36.2. The van der Waals surface area contributed by atoms with Gasteiger partial charge in [-0.05, 0) is 50.5 Å². The van der Waals surface area contributed by atoms with E-state index in [0.29, 0.717) is 5.56 Å². The van der Waals surface area contributed by atoms with Gasteiger partial charge in [0, 0.05) is 17.7 Å². The van der Waals surface area contributed by atoms with Crippen LogP contribution in [0.15, 0.2) is 36.4 Å². The molecule has 0 spiro atoms. The minimum absolute atomic E-state index is 0.00424. The SMILES string of the molecule is Cc1ccc(C)c(C(=O)COC(=O)CCC(=O)Nc2c(C)cccc2C)c1. The molecule has 0 bridgehead atoms. The Morgan fingerprint density at radius 3 is 2.22 bits per heavy atom. The van der Waals surface area contributed by atoms with Crippen LogP contribution in [0.25, 0.3) is 0 Å². The molecule has 5 nitrogen and oxygen atoms in total. The van der Waals surface area contributed by atoms with Gasteiger partial charge in [-0.2, -0.15) is 0 Å². The predicted molar refractivity (Wildman–Crippen MR) is 105 cm³/mol. The van der Waals surface area contributed by atoms with Gasteiger partial charge in [0.05, 0.1) is 6.42 Å². The lowest BCUT2D eigenvalue weighted by Crippen LogP contribution is -2.18. The molecule has 0 saturated carbocycles. The average Bonchev–Trinajstić information content (AvgIpc) is 2.63. The number of rotatable bonds is 7. The summed E-state index contributed by atoms with van der Waals surface area (Å²) in [5.74, 6) is -1.07. The molecule has 0 atom stereocenters. The number of carbonyl (C=O) groups excluding carboxylic acids is 3. The molecular weight excluding hydrogens is 342 g/mol. The molecule has 2 aromatic rings. The molecule has 1 amide bonds. The van der Waals surface area contributed by atoms with Crippen molar-refractivity contribution in [1.29, 1.82) is 0 Å². The van der Waals surface area contributed by atoms with Crippen molar-refractivity contribution in [3.63, 3.8) is 0 Å². The molecule has 5 heteroatoms. The third-order valence-electron chi connectivity index (χ3n) is 4.36. The van der Waals surface area contributed by atoms with E-state index in [1.165, 1.54) is 0 Å². The van der Waals surface area contributed by atoms with Crippen molar-refractivity contribution in [2.75, 3.05) is 11.9 Å². The molecule has 0 radical (unpaired) electrons. The maximum Gasteiger partial charge on any atom is 0.306 e. The van der Waals surface area contributed by atoms with E-state index in [1.54, 1.807) is 6.07 Å². The Morgan fingerprint density at radius 2 is 1.56 bits per heavy atom. The number of aryl methyl sites for hydroxylation is 4. The van der Waals surface area contributed by atoms with Crippen LogP contribution >= 0.6 is 0 Å². The van der Waals surface area contributed by atoms with Gasteiger partial charge >= 0.3 is 5.97 Å². The minimum Gasteiger partial charge on any atom is -0.457 e. The Balaban J connectivity index is 1.81. The summed E-state index contributed by atoms with van der Waals surface area (Å²) in [6.07, 6.45) is -0.0683. The van der Waals surface area contributed by atoms with E-state index in [4.69, 9.17) is 4.74 Å². The molecule has 0 heterocycles. The quantitative estimate of drug-likeness (QED) is 0.591. The summed E-state index contributed by atoms with van der Waals surface area (Å²) >= 11 is 0. The van der Waals surface area contributed by atoms with Crippen LogP contribution < -0.4 is 5.32 Å². The molecule has 0 saturated heterocycles. The summed E-state index contributed by atoms with van der Waals surface area (Å²) in [5, 5.41) is 2.82. The van der Waals surface area contributed by atoms with Gasteiger partial charge in [0.1, 0.15) is 0 Å². The van der Waals surface area contributed by atoms with Crippen molar-refractivity contribution in [2.24, 2.45) is 0 Å². The van der Waals surface area contributed by atoms with Gasteiger partial charge < -0.3 is 10.1 Å². The summed E-state index contributed by atoms with van der Waals surface area (Å²) in [5.41, 5.74) is 5.06. The fraction of sp³-hybridized carbons (Fsp3) is 0.318. The number of carbonyl (C=O) groups is 3. The van der Waals surface area contributed by atoms with Gasteiger partial charge in [-0.3, -0.25) is 14.4 Å². The topological polar surface area (TPSA) is 72.5 Å². The van der Waals surface area contributed by atoms with Crippen LogP contribution in [-0.2, 0) is 14.3 Å². The molecular formula is C22H25NO4. The monoisotopic (exact) mass is 367 g/mol. The molecule has 0 aliphatic rings. The molecule has 2 rings (SSSR count). The van der Waals surface area contributed by atoms with E-state index < -0.39 is 5.97 Å². The molecule has 0 fully saturated rings. The van der Waals surface area contributed by atoms with Crippen LogP contribution in [0.1, 0.15) is 45.5 Å². The normalized spacial score (nSPS) is 10.4. The fourth-order valence-electron chi connectivity index (χ4n) is 2.76. The largest absolute Gasteiger partial charge is 0.457 e. The molecule has 1 N–H and O–H groups in total. The maximum absolute atomic E-state index is 12.2. The Kier molecular flexibility index (Phi) is 6.88. The zero-order valence-electron chi connectivity index (χ0n) is 16.2. The second-order valence-electron chi connectivity index (χ2n) is 6.72. The van der Waals surface area contributed by atoms with E-state index >= 15 is 0 Å². The zero-order chi connectivity index (χ0) is 20.0. The Labute approximate surface area is 159 Å². The van der Waals surface area contributed by atoms with Crippen LogP contribution in [0, 0.1) is 27.7 Å². The number of hydrogen-bond acceptors (Lipinski definition) is 4. The van der Waals surface area contributed by atoms with Crippen molar-refractivity contribution in [1.82, 2.24) is 0 Å². The van der Waals surface area contributed by atoms with Crippen molar-refractivity contribution in [3.8, 4) is 0 Å². The zero-order valence-corrected chi connectivity index (χ0v) is 16.2. The van der Waals surface area contributed by atoms with E-state index in [2.05, 4.69) is 5.32 Å². The number of hydrogen-bond donors (Lipinski definition) is 1. The summed E-state index contributed by atoms with van der Waals surface area (Å²) < 4.78 is 5.03. The fourth-order valence-corrected chi connectivity index (χ4v) is 2.76. The summed E-state index contributed by atoms with van der Waals surface area (Å²) in [7, 11) is 0. The number of para-hydroxylation sites is 1. The van der Waals surface area contributed by atoms with Crippen molar-refractivity contribution >= 4 is 23.3 Å². The number of Topliss-reactive ketones (excluding diaryl/α,β-unsaturated/α-hetero) is 1. The third kappa shape index (κ3) is 5.78. The highest BCUT2D eigenvalue weighted by Gasteiger charge is 2.14. The lowest BCUT2D eigenvalue weighted by molar-refractivity contribution is -0.143. The Hall–Kier alpha value is -2.95. The minimum atomic E-state index is -0.565. The second kappa shape index (κ2) is 9.12. The highest BCUT2D eigenvalue weighted by atomic mass is 16.5. The van der Waals surface area contributed by atoms with Gasteiger partial charge in [0.2, 0.25) is 11.7 Å². The molecule has 0 aliphatic carbocycles. The van der Waals surface area contributed by atoms with Gasteiger partial charge in [-0.25, -0.2) is 0 Å². The van der Waals surface area contributed by atoms with Crippen LogP contribution in [0.2, 0.25) is 0 Å². The highest BCUT2D eigenvalue weighted by molar-refractivity contribution is 5.99. The van der Waals surface area contributed by atoms with Crippen LogP contribution in [-0.4, -0.2) is 24.3 Å². The first-order valence-electron chi connectivity index (χ1n) is 8.90. The van der Waals surface area contributed by atoms with Gasteiger partial charge in [0.25, 0.3) is 0 Å². The van der Waals surface area contributed by atoms with Crippen molar-refractivity contribution < 1.29 is 19.1 Å². The number of ketones is 1. The molecule has 2 aromatic carbocycles. The average molecular weight is 367 g/mol. The highest BCUT2D eigenvalue weighted by Crippen LogP contribution is 2.19. The van der Waals surface area contributed by atoms with Crippen LogP contribution in [0.5, 0.6) is 0 Å². The van der Waals surface area contributed by atoms with Crippen molar-refractivity contribution in [3.05, 3.63) is 64.2 Å². The Bertz CT molecular complexity index is 850. The van der Waals surface area contributed by atoms with Crippen LogP contribution in [0.3, 0.4) is 0 Å². The number of anilines is 1. The second-order valence-corrected chi connectivity index (χ2v) is 6.72. The number of amides is 1. The summed E-state index contributed by atoms with van der Waals surface area (Å²) in [6, 6.07) is 11.3. The van der Waals surface area contributed by atoms with Crippen LogP contribution in [0.4, 0.5) is 5.69 Å². The molecule has 27 heavy (non-hydrogen) atoms. The molecule has 142 valence electrons. The smallest absolute Gasteiger partial charge is 0.306 e. The number of esters is 1. The molecule has 0 aromatic heterocycles. The number of ether oxygens (including phenoxy) is 1. The number of benzene rings is 2. The van der Waals surface area contributed by atoms with E-state index in [-0.39, 0.29) is 31.1 Å². The lowest BCUT2D eigenvalue weighted by atomic mass is 10.0. The maximum atomic E-state index is 12.2. The van der Waals surface area contributed by atoms with E-state index in [9.17, 15) is 14.4 Å². The first kappa shape index (κ1) is 20.4. The van der Waals surface area contributed by atoms with Gasteiger partial charge in [-0.1, -0.05) is 35.9 Å². The lowest BCUT2D eigenvalue weighted by Gasteiger charge is -2.11. The van der Waals surface area contributed by atoms with Gasteiger partial charge in [0.15, 0.2) is 6.61 Å². The third-order valence-corrected chi connectivity index (χ3v) is 4.36. The molecule has 0 unspecified atom stereocenters. The van der Waals surface area contributed by atoms with E-state index in [1.807, 2.05) is 58.0 Å². The Morgan fingerprint density at radius 1 is 0.889 bits per heavy atom. The predicted octanol–water partition coefficient (Wildman–Crippen LogP) is 4.07. The molecule has 0 aliphatic heterocycles. The first-order valence-corrected chi connectivity index (χ1v) is 8.90. The van der Waals surface area contributed by atoms with E-state index in [0.717, 1.165) is 27.9 Å². The number of nitrogens with one attached hydrogen (secondary N) is 1. The summed E-state index contributed by atoms with van der Waals surface area (Å²) in [6.45, 7) is 7.25.